The maximum atomic E-state index is 4.38. The highest BCUT2D eigenvalue weighted by atomic mass is 14.8. The Hall–Kier alpha value is -3.26. The Balaban J connectivity index is 1.63. The monoisotopic (exact) mass is 348 g/mol. The molecule has 1 aliphatic carbocycles. The average molecular weight is 348 g/mol. The molecular weight excluding hydrogens is 328 g/mol. The van der Waals surface area contributed by atoms with Gasteiger partial charge in [-0.15, -0.1) is 0 Å². The summed E-state index contributed by atoms with van der Waals surface area (Å²) in [6, 6.07) is 26.1. The lowest BCUT2D eigenvalue weighted by atomic mass is 9.81. The van der Waals surface area contributed by atoms with Crippen LogP contribution in [0.3, 0.4) is 0 Å². The molecule has 0 unspecified atom stereocenters. The number of hydrogen-bond acceptors (Lipinski definition) is 2. The van der Waals surface area contributed by atoms with Crippen LogP contribution in [0.15, 0.2) is 85.3 Å². The van der Waals surface area contributed by atoms with E-state index in [0.29, 0.717) is 0 Å². The molecule has 2 heteroatoms. The van der Waals surface area contributed by atoms with Gasteiger partial charge in [-0.2, -0.15) is 0 Å². The minimum absolute atomic E-state index is 0.0200. The van der Waals surface area contributed by atoms with Crippen LogP contribution in [0.25, 0.3) is 33.5 Å². The van der Waals surface area contributed by atoms with Crippen LogP contribution in [0.5, 0.6) is 0 Å². The molecule has 27 heavy (non-hydrogen) atoms. The molecule has 0 spiro atoms. The molecule has 0 atom stereocenters. The van der Waals surface area contributed by atoms with Gasteiger partial charge in [-0.25, -0.2) is 9.97 Å². The molecule has 0 saturated heterocycles. The van der Waals surface area contributed by atoms with Crippen LogP contribution in [0.2, 0.25) is 0 Å². The molecule has 0 N–H and O–H groups in total. The fraction of sp³-hybridized carbons (Fsp3) is 0.120. The van der Waals surface area contributed by atoms with Gasteiger partial charge in [0.05, 0.1) is 5.69 Å². The topological polar surface area (TPSA) is 25.8 Å². The van der Waals surface area contributed by atoms with Crippen molar-refractivity contribution in [3.8, 4) is 33.5 Å². The lowest BCUT2D eigenvalue weighted by Crippen LogP contribution is -2.14. The first-order valence-corrected chi connectivity index (χ1v) is 9.26. The average Bonchev–Trinajstić information content (AvgIpc) is 2.96. The molecule has 130 valence electrons. The summed E-state index contributed by atoms with van der Waals surface area (Å²) in [6.45, 7) is 4.64. The zero-order valence-corrected chi connectivity index (χ0v) is 15.5. The highest BCUT2D eigenvalue weighted by molar-refractivity contribution is 5.84. The van der Waals surface area contributed by atoms with Gasteiger partial charge in [-0.3, -0.25) is 0 Å². The number of hydrogen-bond donors (Lipinski definition) is 0. The molecular formula is C25H20N2. The van der Waals surface area contributed by atoms with E-state index >= 15 is 0 Å². The summed E-state index contributed by atoms with van der Waals surface area (Å²) >= 11 is 0. The first-order valence-electron chi connectivity index (χ1n) is 9.26. The maximum absolute atomic E-state index is 4.38. The molecule has 4 aromatic rings. The highest BCUT2D eigenvalue weighted by Gasteiger charge is 2.35. The van der Waals surface area contributed by atoms with E-state index in [4.69, 9.17) is 0 Å². The van der Waals surface area contributed by atoms with E-state index in [0.717, 1.165) is 11.3 Å². The van der Waals surface area contributed by atoms with Crippen molar-refractivity contribution in [1.82, 2.24) is 9.97 Å². The second-order valence-electron chi connectivity index (χ2n) is 7.61. The van der Waals surface area contributed by atoms with E-state index < -0.39 is 0 Å². The first kappa shape index (κ1) is 16.0. The van der Waals surface area contributed by atoms with E-state index in [-0.39, 0.29) is 5.41 Å². The summed E-state index contributed by atoms with van der Waals surface area (Å²) in [6.07, 6.45) is 3.38. The summed E-state index contributed by atoms with van der Waals surface area (Å²) in [7, 11) is 0. The van der Waals surface area contributed by atoms with Gasteiger partial charge in [0.15, 0.2) is 0 Å². The van der Waals surface area contributed by atoms with Crippen LogP contribution in [0, 0.1) is 0 Å². The smallest absolute Gasteiger partial charge is 0.116 e. The van der Waals surface area contributed by atoms with Crippen molar-refractivity contribution in [3.63, 3.8) is 0 Å². The standard InChI is InChI=1S/C25H20N2/c1-25(2)22-9-4-3-8-20(22)21-11-10-18(15-23(21)25)17-6-5-7-19(14-17)24-12-13-26-16-27-24/h3-16H,1-2H3. The van der Waals surface area contributed by atoms with Crippen molar-refractivity contribution < 1.29 is 0 Å². The third-order valence-electron chi connectivity index (χ3n) is 5.66. The van der Waals surface area contributed by atoms with Crippen LogP contribution < -0.4 is 0 Å². The van der Waals surface area contributed by atoms with Crippen molar-refractivity contribution in [2.75, 3.05) is 0 Å². The van der Waals surface area contributed by atoms with E-state index in [1.165, 1.54) is 33.4 Å². The van der Waals surface area contributed by atoms with Gasteiger partial charge in [0.1, 0.15) is 6.33 Å². The molecule has 0 fully saturated rings. The minimum Gasteiger partial charge on any atom is -0.245 e. The molecule has 2 nitrogen and oxygen atoms in total. The van der Waals surface area contributed by atoms with E-state index in [2.05, 4.69) is 90.5 Å². The number of benzene rings is 3. The van der Waals surface area contributed by atoms with Gasteiger partial charge in [0, 0.05) is 17.2 Å². The van der Waals surface area contributed by atoms with Crippen molar-refractivity contribution >= 4 is 0 Å². The normalized spacial score (nSPS) is 13.9. The SMILES string of the molecule is CC1(C)c2ccccc2-c2ccc(-c3cccc(-c4ccncn4)c3)cc21. The Morgan fingerprint density at radius 2 is 1.44 bits per heavy atom. The quantitative estimate of drug-likeness (QED) is 0.436. The van der Waals surface area contributed by atoms with Crippen LogP contribution in [-0.2, 0) is 5.41 Å². The Bertz CT molecular complexity index is 1140. The summed E-state index contributed by atoms with van der Waals surface area (Å²) in [4.78, 5) is 8.40. The third kappa shape index (κ3) is 2.48. The Morgan fingerprint density at radius 3 is 2.30 bits per heavy atom. The van der Waals surface area contributed by atoms with Gasteiger partial charge in [0.2, 0.25) is 0 Å². The Kier molecular flexibility index (Phi) is 3.48. The van der Waals surface area contributed by atoms with Crippen molar-refractivity contribution in [2.45, 2.75) is 19.3 Å². The van der Waals surface area contributed by atoms with Gasteiger partial charge < -0.3 is 0 Å². The van der Waals surface area contributed by atoms with Crippen LogP contribution >= 0.6 is 0 Å². The predicted octanol–water partition coefficient (Wildman–Crippen LogP) is 6.12. The van der Waals surface area contributed by atoms with Crippen LogP contribution in [-0.4, -0.2) is 9.97 Å². The lowest BCUT2D eigenvalue weighted by molar-refractivity contribution is 0.660. The fourth-order valence-electron chi connectivity index (χ4n) is 4.20. The highest BCUT2D eigenvalue weighted by Crippen LogP contribution is 2.49. The Morgan fingerprint density at radius 1 is 0.667 bits per heavy atom. The second-order valence-corrected chi connectivity index (χ2v) is 7.61. The zero-order chi connectivity index (χ0) is 18.4. The second kappa shape index (κ2) is 5.88. The molecule has 0 radical (unpaired) electrons. The molecule has 5 rings (SSSR count). The van der Waals surface area contributed by atoms with E-state index in [9.17, 15) is 0 Å². The fourth-order valence-corrected chi connectivity index (χ4v) is 4.20. The number of aromatic nitrogens is 2. The first-order chi connectivity index (χ1) is 13.1. The van der Waals surface area contributed by atoms with E-state index in [1.807, 2.05) is 6.07 Å². The molecule has 3 aromatic carbocycles. The molecule has 1 aliphatic rings. The number of rotatable bonds is 2. The zero-order valence-electron chi connectivity index (χ0n) is 15.5. The van der Waals surface area contributed by atoms with Crippen molar-refractivity contribution in [1.29, 1.82) is 0 Å². The van der Waals surface area contributed by atoms with E-state index in [1.54, 1.807) is 12.5 Å². The lowest BCUT2D eigenvalue weighted by Gasteiger charge is -2.22. The van der Waals surface area contributed by atoms with Gasteiger partial charge in [0.25, 0.3) is 0 Å². The predicted molar refractivity (Wildman–Crippen MR) is 110 cm³/mol. The molecule has 0 saturated carbocycles. The molecule has 0 bridgehead atoms. The minimum atomic E-state index is 0.0200. The van der Waals surface area contributed by atoms with Crippen LogP contribution in [0.4, 0.5) is 0 Å². The molecule has 1 aromatic heterocycles. The van der Waals surface area contributed by atoms with Gasteiger partial charge in [-0.05, 0) is 51.6 Å². The van der Waals surface area contributed by atoms with Gasteiger partial charge in [-0.1, -0.05) is 68.4 Å². The summed E-state index contributed by atoms with van der Waals surface area (Å²) in [5, 5.41) is 0. The van der Waals surface area contributed by atoms with Crippen molar-refractivity contribution in [3.05, 3.63) is 96.4 Å². The van der Waals surface area contributed by atoms with Crippen molar-refractivity contribution in [2.24, 2.45) is 0 Å². The maximum Gasteiger partial charge on any atom is 0.116 e. The molecule has 1 heterocycles. The molecule has 0 amide bonds. The largest absolute Gasteiger partial charge is 0.245 e. The summed E-state index contributed by atoms with van der Waals surface area (Å²) in [5.41, 5.74) is 10.0. The summed E-state index contributed by atoms with van der Waals surface area (Å²) < 4.78 is 0. The molecule has 0 aliphatic heterocycles. The van der Waals surface area contributed by atoms with Crippen LogP contribution in [0.1, 0.15) is 25.0 Å². The number of fused-ring (bicyclic) bond motifs is 3. The third-order valence-corrected chi connectivity index (χ3v) is 5.66. The van der Waals surface area contributed by atoms with Gasteiger partial charge >= 0.3 is 0 Å². The number of nitrogens with zero attached hydrogens (tertiary/aromatic N) is 2. The summed E-state index contributed by atoms with van der Waals surface area (Å²) in [5.74, 6) is 0. The Labute approximate surface area is 159 Å².